The number of nitro groups is 2. The van der Waals surface area contributed by atoms with E-state index in [4.69, 9.17) is 0 Å². The van der Waals surface area contributed by atoms with E-state index in [0.717, 1.165) is 17.1 Å². The molecule has 1 fully saturated rings. The molecule has 3 aromatic rings. The van der Waals surface area contributed by atoms with Crippen LogP contribution < -0.4 is 10.6 Å². The van der Waals surface area contributed by atoms with Gasteiger partial charge >= 0.3 is 5.69 Å². The molecule has 0 amide bonds. The minimum Gasteiger partial charge on any atom is -0.366 e. The van der Waals surface area contributed by atoms with Gasteiger partial charge in [0.1, 0.15) is 5.69 Å². The van der Waals surface area contributed by atoms with Crippen LogP contribution >= 0.6 is 0 Å². The Labute approximate surface area is 158 Å². The predicted molar refractivity (Wildman–Crippen MR) is 103 cm³/mol. The molecular weight excluding hydrogens is 366 g/mol. The molecule has 4 rings (SSSR count). The quantitative estimate of drug-likeness (QED) is 0.545. The standard InChI is InChI=1S/C18H17N5O5/c24-18-19-14-3-1-2-4-15(14)21(18)12-7-9-20(10-8-12)16-6-5-13(22(25)26)11-17(16)23(27)28/h1-6,11-12H,7-10H2,(H,19,24). The molecule has 2 heterocycles. The third-order valence-corrected chi connectivity index (χ3v) is 5.16. The molecule has 1 aromatic heterocycles. The number of nitro benzene ring substituents is 2. The van der Waals surface area contributed by atoms with E-state index in [1.807, 2.05) is 29.2 Å². The molecule has 144 valence electrons. The number of para-hydroxylation sites is 2. The van der Waals surface area contributed by atoms with Crippen LogP contribution in [0.2, 0.25) is 0 Å². The maximum Gasteiger partial charge on any atom is 0.326 e. The van der Waals surface area contributed by atoms with E-state index in [9.17, 15) is 25.0 Å². The molecule has 1 aliphatic heterocycles. The number of nitrogens with zero attached hydrogens (tertiary/aromatic N) is 4. The van der Waals surface area contributed by atoms with Crippen LogP contribution in [-0.4, -0.2) is 32.5 Å². The molecule has 2 aromatic carbocycles. The fourth-order valence-corrected chi connectivity index (χ4v) is 3.84. The van der Waals surface area contributed by atoms with Crippen LogP contribution in [0.15, 0.2) is 47.3 Å². The van der Waals surface area contributed by atoms with Crippen LogP contribution in [-0.2, 0) is 0 Å². The zero-order chi connectivity index (χ0) is 19.8. The first kappa shape index (κ1) is 17.7. The second kappa shape index (κ2) is 6.80. The topological polar surface area (TPSA) is 127 Å². The van der Waals surface area contributed by atoms with Crippen LogP contribution in [0.5, 0.6) is 0 Å². The number of benzene rings is 2. The van der Waals surface area contributed by atoms with Crippen molar-refractivity contribution in [3.8, 4) is 0 Å². The molecule has 10 heteroatoms. The highest BCUT2D eigenvalue weighted by atomic mass is 16.6. The molecule has 1 N–H and O–H groups in total. The molecule has 1 aliphatic rings. The number of piperidine rings is 1. The Morgan fingerprint density at radius 2 is 1.71 bits per heavy atom. The highest BCUT2D eigenvalue weighted by molar-refractivity contribution is 5.75. The Morgan fingerprint density at radius 3 is 2.39 bits per heavy atom. The van der Waals surface area contributed by atoms with Gasteiger partial charge in [-0.1, -0.05) is 12.1 Å². The lowest BCUT2D eigenvalue weighted by Crippen LogP contribution is -2.37. The van der Waals surface area contributed by atoms with Crippen molar-refractivity contribution in [1.29, 1.82) is 0 Å². The SMILES string of the molecule is O=c1[nH]c2ccccc2n1C1CCN(c2ccc([N+](=O)[O-])cc2[N+](=O)[O-])CC1. The second-order valence-corrected chi connectivity index (χ2v) is 6.72. The minimum absolute atomic E-state index is 0.0167. The summed E-state index contributed by atoms with van der Waals surface area (Å²) in [7, 11) is 0. The maximum absolute atomic E-state index is 12.4. The van der Waals surface area contributed by atoms with Crippen molar-refractivity contribution in [1.82, 2.24) is 9.55 Å². The van der Waals surface area contributed by atoms with Gasteiger partial charge in [0.2, 0.25) is 0 Å². The van der Waals surface area contributed by atoms with Gasteiger partial charge in [0.25, 0.3) is 11.4 Å². The molecule has 0 radical (unpaired) electrons. The highest BCUT2D eigenvalue weighted by Gasteiger charge is 2.28. The van der Waals surface area contributed by atoms with E-state index < -0.39 is 9.85 Å². The number of hydrogen-bond acceptors (Lipinski definition) is 6. The number of anilines is 1. The van der Waals surface area contributed by atoms with Crippen molar-refractivity contribution in [3.63, 3.8) is 0 Å². The van der Waals surface area contributed by atoms with Crippen molar-refractivity contribution in [2.24, 2.45) is 0 Å². The van der Waals surface area contributed by atoms with Gasteiger partial charge in [0.15, 0.2) is 0 Å². The number of rotatable bonds is 4. The third-order valence-electron chi connectivity index (χ3n) is 5.16. The van der Waals surface area contributed by atoms with Crippen LogP contribution in [0.25, 0.3) is 11.0 Å². The van der Waals surface area contributed by atoms with E-state index in [1.165, 1.54) is 12.1 Å². The van der Waals surface area contributed by atoms with E-state index >= 15 is 0 Å². The monoisotopic (exact) mass is 383 g/mol. The first-order valence-corrected chi connectivity index (χ1v) is 8.82. The fraction of sp³-hybridized carbons (Fsp3) is 0.278. The minimum atomic E-state index is -0.646. The molecule has 0 spiro atoms. The van der Waals surface area contributed by atoms with Crippen molar-refractivity contribution < 1.29 is 9.85 Å². The van der Waals surface area contributed by atoms with E-state index in [2.05, 4.69) is 4.98 Å². The largest absolute Gasteiger partial charge is 0.366 e. The Hall–Kier alpha value is -3.69. The van der Waals surface area contributed by atoms with E-state index in [-0.39, 0.29) is 23.1 Å². The number of fused-ring (bicyclic) bond motifs is 1. The second-order valence-electron chi connectivity index (χ2n) is 6.72. The van der Waals surface area contributed by atoms with Crippen molar-refractivity contribution in [2.75, 3.05) is 18.0 Å². The average Bonchev–Trinajstić information content (AvgIpc) is 3.03. The van der Waals surface area contributed by atoms with E-state index in [1.54, 1.807) is 4.57 Å². The first-order valence-electron chi connectivity index (χ1n) is 8.82. The zero-order valence-electron chi connectivity index (χ0n) is 14.8. The molecule has 0 saturated carbocycles. The van der Waals surface area contributed by atoms with Gasteiger partial charge in [0, 0.05) is 25.2 Å². The van der Waals surface area contributed by atoms with Gasteiger partial charge in [-0.3, -0.25) is 24.8 Å². The summed E-state index contributed by atoms with van der Waals surface area (Å²) in [6, 6.07) is 11.2. The van der Waals surface area contributed by atoms with Crippen LogP contribution in [0.3, 0.4) is 0 Å². The molecule has 28 heavy (non-hydrogen) atoms. The summed E-state index contributed by atoms with van der Waals surface area (Å²) in [5.74, 6) is 0. The summed E-state index contributed by atoms with van der Waals surface area (Å²) < 4.78 is 1.75. The number of imidazole rings is 1. The van der Waals surface area contributed by atoms with Gasteiger partial charge in [-0.15, -0.1) is 0 Å². The van der Waals surface area contributed by atoms with Crippen LogP contribution in [0.1, 0.15) is 18.9 Å². The lowest BCUT2D eigenvalue weighted by atomic mass is 10.0. The first-order chi connectivity index (χ1) is 13.5. The zero-order valence-corrected chi connectivity index (χ0v) is 14.8. The lowest BCUT2D eigenvalue weighted by Gasteiger charge is -2.33. The number of aromatic nitrogens is 2. The summed E-state index contributed by atoms with van der Waals surface area (Å²) in [5.41, 5.74) is 1.22. The fourth-order valence-electron chi connectivity index (χ4n) is 3.84. The molecule has 0 aliphatic carbocycles. The molecule has 10 nitrogen and oxygen atoms in total. The smallest absolute Gasteiger partial charge is 0.326 e. The normalized spacial score (nSPS) is 15.1. The maximum atomic E-state index is 12.4. The van der Waals surface area contributed by atoms with Gasteiger partial charge < -0.3 is 9.88 Å². The number of aromatic amines is 1. The Morgan fingerprint density at radius 1 is 1.00 bits per heavy atom. The molecule has 1 saturated heterocycles. The van der Waals surface area contributed by atoms with Crippen LogP contribution in [0, 0.1) is 20.2 Å². The molecule has 0 atom stereocenters. The predicted octanol–water partition coefficient (Wildman–Crippen LogP) is 2.99. The summed E-state index contributed by atoms with van der Waals surface area (Å²) in [6.45, 7) is 1.02. The number of H-pyrrole nitrogens is 1. The molecule has 0 unspecified atom stereocenters. The van der Waals surface area contributed by atoms with Crippen molar-refractivity contribution in [3.05, 3.63) is 73.2 Å². The number of nitrogens with one attached hydrogen (secondary N) is 1. The highest BCUT2D eigenvalue weighted by Crippen LogP contribution is 2.35. The van der Waals surface area contributed by atoms with Gasteiger partial charge in [-0.05, 0) is 31.0 Å². The van der Waals surface area contributed by atoms with E-state index in [0.29, 0.717) is 31.6 Å². The average molecular weight is 383 g/mol. The van der Waals surface area contributed by atoms with Gasteiger partial charge in [0.05, 0.1) is 26.9 Å². The summed E-state index contributed by atoms with van der Waals surface area (Å²) in [6.07, 6.45) is 1.27. The third kappa shape index (κ3) is 2.98. The Kier molecular flexibility index (Phi) is 4.30. The Bertz CT molecular complexity index is 1130. The number of hydrogen-bond donors (Lipinski definition) is 1. The van der Waals surface area contributed by atoms with Crippen LogP contribution in [0.4, 0.5) is 17.1 Å². The Balaban J connectivity index is 1.59. The number of non-ortho nitro benzene ring substituents is 1. The van der Waals surface area contributed by atoms with Gasteiger partial charge in [-0.25, -0.2) is 4.79 Å². The van der Waals surface area contributed by atoms with Crippen molar-refractivity contribution >= 4 is 28.1 Å². The van der Waals surface area contributed by atoms with Gasteiger partial charge in [-0.2, -0.15) is 0 Å². The lowest BCUT2D eigenvalue weighted by molar-refractivity contribution is -0.393. The van der Waals surface area contributed by atoms with Crippen molar-refractivity contribution in [2.45, 2.75) is 18.9 Å². The molecular formula is C18H17N5O5. The summed E-state index contributed by atoms with van der Waals surface area (Å²) >= 11 is 0. The summed E-state index contributed by atoms with van der Waals surface area (Å²) in [5, 5.41) is 22.3. The summed E-state index contributed by atoms with van der Waals surface area (Å²) in [4.78, 5) is 38.1. The molecule has 0 bridgehead atoms.